The van der Waals surface area contributed by atoms with Gasteiger partial charge in [-0.2, -0.15) is 0 Å². The molecule has 0 spiro atoms. The lowest BCUT2D eigenvalue weighted by Gasteiger charge is -2.21. The van der Waals surface area contributed by atoms with Crippen LogP contribution in [0.25, 0.3) is 0 Å². The summed E-state index contributed by atoms with van der Waals surface area (Å²) < 4.78 is 11.6. The Labute approximate surface area is 100 Å². The number of hydrogen-bond acceptors (Lipinski definition) is 3. The van der Waals surface area contributed by atoms with E-state index in [4.69, 9.17) is 9.47 Å². The van der Waals surface area contributed by atoms with E-state index in [0.717, 1.165) is 51.9 Å². The third-order valence-corrected chi connectivity index (χ3v) is 2.89. The standard InChI is InChI=1S/C13H26NO2/c1-4-8-14-9-7-12(11-14)16-13(6-3)15-10-5-2/h12-13H,1,4-11H2,2-3H3. The summed E-state index contributed by atoms with van der Waals surface area (Å²) in [5.41, 5.74) is 0. The van der Waals surface area contributed by atoms with Crippen molar-refractivity contribution >= 4 is 0 Å². The molecule has 1 saturated heterocycles. The van der Waals surface area contributed by atoms with E-state index in [0.29, 0.717) is 6.10 Å². The fourth-order valence-electron chi connectivity index (χ4n) is 2.05. The number of nitrogens with zero attached hydrogens (tertiary/aromatic N) is 1. The molecule has 1 radical (unpaired) electrons. The molecule has 0 saturated carbocycles. The highest BCUT2D eigenvalue weighted by atomic mass is 16.7. The van der Waals surface area contributed by atoms with Crippen LogP contribution in [-0.4, -0.2) is 43.5 Å². The summed E-state index contributed by atoms with van der Waals surface area (Å²) in [5.74, 6) is 0. The van der Waals surface area contributed by atoms with E-state index in [9.17, 15) is 0 Å². The molecule has 2 unspecified atom stereocenters. The van der Waals surface area contributed by atoms with E-state index < -0.39 is 0 Å². The Morgan fingerprint density at radius 2 is 2.25 bits per heavy atom. The summed E-state index contributed by atoms with van der Waals surface area (Å²) >= 11 is 0. The van der Waals surface area contributed by atoms with E-state index in [1.54, 1.807) is 0 Å². The monoisotopic (exact) mass is 228 g/mol. The van der Waals surface area contributed by atoms with Gasteiger partial charge in [0.2, 0.25) is 0 Å². The molecular formula is C13H26NO2. The van der Waals surface area contributed by atoms with Crippen molar-refractivity contribution in [1.29, 1.82) is 0 Å². The third kappa shape index (κ3) is 4.81. The highest BCUT2D eigenvalue weighted by Crippen LogP contribution is 2.16. The molecule has 1 aliphatic rings. The second kappa shape index (κ2) is 8.04. The van der Waals surface area contributed by atoms with E-state index >= 15 is 0 Å². The fraction of sp³-hybridized carbons (Fsp3) is 0.923. The third-order valence-electron chi connectivity index (χ3n) is 2.89. The van der Waals surface area contributed by atoms with Gasteiger partial charge >= 0.3 is 0 Å². The summed E-state index contributed by atoms with van der Waals surface area (Å²) in [6, 6.07) is 0. The Balaban J connectivity index is 2.20. The maximum Gasteiger partial charge on any atom is 0.157 e. The number of ether oxygens (including phenoxy) is 2. The molecule has 16 heavy (non-hydrogen) atoms. The van der Waals surface area contributed by atoms with Gasteiger partial charge in [-0.3, -0.25) is 0 Å². The first-order valence-corrected chi connectivity index (χ1v) is 6.58. The molecule has 0 aromatic carbocycles. The highest BCUT2D eigenvalue weighted by Gasteiger charge is 2.24. The Kier molecular flexibility index (Phi) is 7.01. The van der Waals surface area contributed by atoms with Gasteiger partial charge in [0.1, 0.15) is 0 Å². The molecule has 0 aliphatic carbocycles. The van der Waals surface area contributed by atoms with Gasteiger partial charge in [0, 0.05) is 19.7 Å². The summed E-state index contributed by atoms with van der Waals surface area (Å²) in [5, 5.41) is 0. The van der Waals surface area contributed by atoms with Crippen LogP contribution in [-0.2, 0) is 9.47 Å². The molecule has 1 heterocycles. The van der Waals surface area contributed by atoms with Crippen molar-refractivity contribution in [3.05, 3.63) is 6.92 Å². The Morgan fingerprint density at radius 3 is 2.88 bits per heavy atom. The van der Waals surface area contributed by atoms with Crippen molar-refractivity contribution in [3.8, 4) is 0 Å². The molecule has 1 fully saturated rings. The predicted molar refractivity (Wildman–Crippen MR) is 66.2 cm³/mol. The number of hydrogen-bond donors (Lipinski definition) is 0. The van der Waals surface area contributed by atoms with Gasteiger partial charge < -0.3 is 14.4 Å². The fourth-order valence-corrected chi connectivity index (χ4v) is 2.05. The molecule has 0 aromatic rings. The zero-order valence-electron chi connectivity index (χ0n) is 10.8. The first-order chi connectivity index (χ1) is 7.80. The minimum Gasteiger partial charge on any atom is -0.353 e. The minimum atomic E-state index is -0.00958. The average molecular weight is 228 g/mol. The van der Waals surface area contributed by atoms with E-state index in [1.165, 1.54) is 0 Å². The van der Waals surface area contributed by atoms with Gasteiger partial charge in [0.25, 0.3) is 0 Å². The van der Waals surface area contributed by atoms with Gasteiger partial charge in [-0.15, -0.1) is 0 Å². The lowest BCUT2D eigenvalue weighted by molar-refractivity contribution is -0.168. The van der Waals surface area contributed by atoms with Gasteiger partial charge in [-0.25, -0.2) is 0 Å². The van der Waals surface area contributed by atoms with Crippen LogP contribution in [0.4, 0.5) is 0 Å². The van der Waals surface area contributed by atoms with Crippen LogP contribution in [0.3, 0.4) is 0 Å². The van der Waals surface area contributed by atoms with Gasteiger partial charge in [0.05, 0.1) is 6.10 Å². The van der Waals surface area contributed by atoms with Crippen LogP contribution in [0.15, 0.2) is 0 Å². The lowest BCUT2D eigenvalue weighted by Crippen LogP contribution is -2.28. The smallest absolute Gasteiger partial charge is 0.157 e. The average Bonchev–Trinajstić information content (AvgIpc) is 2.72. The van der Waals surface area contributed by atoms with Crippen LogP contribution in [0.5, 0.6) is 0 Å². The van der Waals surface area contributed by atoms with Gasteiger partial charge in [-0.1, -0.05) is 20.8 Å². The number of rotatable bonds is 8. The molecule has 0 amide bonds. The predicted octanol–water partition coefficient (Wildman–Crippen LogP) is 2.46. The van der Waals surface area contributed by atoms with Crippen molar-refractivity contribution in [1.82, 2.24) is 4.90 Å². The summed E-state index contributed by atoms with van der Waals surface area (Å²) in [6.07, 6.45) is 4.45. The van der Waals surface area contributed by atoms with E-state index in [2.05, 4.69) is 25.7 Å². The molecule has 1 aliphatic heterocycles. The topological polar surface area (TPSA) is 21.7 Å². The summed E-state index contributed by atoms with van der Waals surface area (Å²) in [6.45, 7) is 12.2. The molecule has 0 N–H and O–H groups in total. The van der Waals surface area contributed by atoms with E-state index in [1.807, 2.05) is 0 Å². The SMILES string of the molecule is [CH2]CCN1CCC(OC(CC)OCCC)C1. The van der Waals surface area contributed by atoms with Crippen molar-refractivity contribution in [2.45, 2.75) is 51.9 Å². The Bertz CT molecular complexity index is 175. The maximum absolute atomic E-state index is 5.95. The molecule has 95 valence electrons. The first kappa shape index (κ1) is 13.9. The Morgan fingerprint density at radius 1 is 1.44 bits per heavy atom. The van der Waals surface area contributed by atoms with Crippen LogP contribution < -0.4 is 0 Å². The zero-order valence-corrected chi connectivity index (χ0v) is 10.8. The van der Waals surface area contributed by atoms with Crippen molar-refractivity contribution < 1.29 is 9.47 Å². The molecule has 0 aromatic heterocycles. The van der Waals surface area contributed by atoms with Crippen LogP contribution in [0.2, 0.25) is 0 Å². The highest BCUT2D eigenvalue weighted by molar-refractivity contribution is 4.76. The molecule has 3 nitrogen and oxygen atoms in total. The van der Waals surface area contributed by atoms with E-state index in [-0.39, 0.29) is 6.29 Å². The van der Waals surface area contributed by atoms with Gasteiger partial charge in [-0.05, 0) is 32.2 Å². The molecule has 1 rings (SSSR count). The first-order valence-electron chi connectivity index (χ1n) is 6.58. The van der Waals surface area contributed by atoms with Crippen molar-refractivity contribution in [3.63, 3.8) is 0 Å². The van der Waals surface area contributed by atoms with Crippen LogP contribution in [0.1, 0.15) is 39.5 Å². The molecule has 0 bridgehead atoms. The normalized spacial score (nSPS) is 23.8. The van der Waals surface area contributed by atoms with Crippen molar-refractivity contribution in [2.75, 3.05) is 26.2 Å². The van der Waals surface area contributed by atoms with Crippen molar-refractivity contribution in [2.24, 2.45) is 0 Å². The lowest BCUT2D eigenvalue weighted by atomic mass is 10.3. The zero-order chi connectivity index (χ0) is 11.8. The Hall–Kier alpha value is -0.120. The number of likely N-dealkylation sites (tertiary alicyclic amines) is 1. The second-order valence-electron chi connectivity index (χ2n) is 4.41. The van der Waals surface area contributed by atoms with Gasteiger partial charge in [0.15, 0.2) is 6.29 Å². The van der Waals surface area contributed by atoms with Crippen LogP contribution >= 0.6 is 0 Å². The largest absolute Gasteiger partial charge is 0.353 e. The maximum atomic E-state index is 5.95. The molecular weight excluding hydrogens is 202 g/mol. The minimum absolute atomic E-state index is 0.00958. The van der Waals surface area contributed by atoms with Crippen LogP contribution in [0, 0.1) is 6.92 Å². The second-order valence-corrected chi connectivity index (χ2v) is 4.41. The summed E-state index contributed by atoms with van der Waals surface area (Å²) in [4.78, 5) is 2.42. The summed E-state index contributed by atoms with van der Waals surface area (Å²) in [7, 11) is 0. The molecule has 3 heteroatoms. The molecule has 2 atom stereocenters. The quantitative estimate of drug-likeness (QED) is 0.596.